The number of hydrogen-bond donors (Lipinski definition) is 0. The molecule has 9 heteroatoms. The first-order valence-electron chi connectivity index (χ1n) is 10.2. The monoisotopic (exact) mass is 419 g/mol. The summed E-state index contributed by atoms with van der Waals surface area (Å²) in [6, 6.07) is 6.79. The van der Waals surface area contributed by atoms with Gasteiger partial charge in [0, 0.05) is 45.3 Å². The van der Waals surface area contributed by atoms with Crippen molar-refractivity contribution in [3.05, 3.63) is 47.8 Å². The quantitative estimate of drug-likeness (QED) is 0.763. The second-order valence-electron chi connectivity index (χ2n) is 7.67. The molecule has 0 N–H and O–H groups in total. The molecule has 1 aromatic heterocycles. The Bertz CT molecular complexity index is 873. The highest BCUT2D eigenvalue weighted by atomic mass is 19.4. The van der Waals surface area contributed by atoms with E-state index in [2.05, 4.69) is 19.8 Å². The lowest BCUT2D eigenvalue weighted by Gasteiger charge is -2.35. The van der Waals surface area contributed by atoms with Crippen LogP contribution >= 0.6 is 0 Å². The summed E-state index contributed by atoms with van der Waals surface area (Å²) in [5.41, 5.74) is -0.119. The molecule has 0 atom stereocenters. The van der Waals surface area contributed by atoms with Crippen LogP contribution in [0.15, 0.2) is 36.7 Å². The van der Waals surface area contributed by atoms with Gasteiger partial charge in [0.25, 0.3) is 0 Å². The van der Waals surface area contributed by atoms with Crippen LogP contribution < -0.4 is 9.80 Å². The molecule has 0 spiro atoms. The molecule has 1 amide bonds. The summed E-state index contributed by atoms with van der Waals surface area (Å²) in [5.74, 6) is 1.73. The zero-order valence-electron chi connectivity index (χ0n) is 16.6. The standard InChI is InChI=1S/C21H24F3N5O/c22-21(23,24)17-5-3-16(4-6-17)13-20(30)29-11-9-28(10-12-29)19-14-18(25-15-26-19)27-7-1-2-8-27/h3-6,14-15H,1-2,7-13H2. The van der Waals surface area contributed by atoms with Gasteiger partial charge in [-0.25, -0.2) is 9.97 Å². The molecule has 0 unspecified atom stereocenters. The van der Waals surface area contributed by atoms with Crippen LogP contribution in [0.25, 0.3) is 0 Å². The van der Waals surface area contributed by atoms with E-state index in [9.17, 15) is 18.0 Å². The number of hydrogen-bond acceptors (Lipinski definition) is 5. The number of halogens is 3. The molecular formula is C21H24F3N5O. The molecule has 2 aliphatic heterocycles. The number of alkyl halides is 3. The molecule has 0 bridgehead atoms. The molecule has 2 saturated heterocycles. The average Bonchev–Trinajstić information content (AvgIpc) is 3.29. The molecule has 4 rings (SSSR count). The van der Waals surface area contributed by atoms with Crippen LogP contribution in [-0.4, -0.2) is 60.0 Å². The molecule has 2 fully saturated rings. The first-order valence-corrected chi connectivity index (χ1v) is 10.2. The Morgan fingerprint density at radius 2 is 1.43 bits per heavy atom. The van der Waals surface area contributed by atoms with Gasteiger partial charge in [-0.05, 0) is 30.5 Å². The van der Waals surface area contributed by atoms with Crippen molar-refractivity contribution in [2.75, 3.05) is 49.1 Å². The molecule has 0 saturated carbocycles. The van der Waals surface area contributed by atoms with Gasteiger partial charge in [0.2, 0.25) is 5.91 Å². The number of carbonyl (C=O) groups excluding carboxylic acids is 1. The summed E-state index contributed by atoms with van der Waals surface area (Å²) in [6.45, 7) is 4.47. The van der Waals surface area contributed by atoms with Crippen LogP contribution in [-0.2, 0) is 17.4 Å². The maximum absolute atomic E-state index is 12.7. The Labute approximate surface area is 173 Å². The Balaban J connectivity index is 1.32. The fourth-order valence-corrected chi connectivity index (χ4v) is 3.91. The SMILES string of the molecule is O=C(Cc1ccc(C(F)(F)F)cc1)N1CCN(c2cc(N3CCCC3)ncn2)CC1. The average molecular weight is 419 g/mol. The van der Waals surface area contributed by atoms with E-state index in [1.54, 1.807) is 11.2 Å². The number of piperazine rings is 1. The molecular weight excluding hydrogens is 395 g/mol. The summed E-state index contributed by atoms with van der Waals surface area (Å²) in [4.78, 5) is 27.5. The fourth-order valence-electron chi connectivity index (χ4n) is 3.91. The Hall–Kier alpha value is -2.84. The van der Waals surface area contributed by atoms with Gasteiger partial charge in [-0.2, -0.15) is 13.2 Å². The lowest BCUT2D eigenvalue weighted by molar-refractivity contribution is -0.137. The van der Waals surface area contributed by atoms with Gasteiger partial charge in [-0.15, -0.1) is 0 Å². The zero-order chi connectivity index (χ0) is 21.1. The van der Waals surface area contributed by atoms with E-state index in [1.807, 2.05) is 6.07 Å². The third-order valence-electron chi connectivity index (χ3n) is 5.66. The Morgan fingerprint density at radius 3 is 2.00 bits per heavy atom. The molecule has 6 nitrogen and oxygen atoms in total. The number of nitrogens with zero attached hydrogens (tertiary/aromatic N) is 5. The first kappa shape index (κ1) is 20.4. The van der Waals surface area contributed by atoms with E-state index >= 15 is 0 Å². The molecule has 2 aromatic rings. The normalized spacial score (nSPS) is 17.5. The van der Waals surface area contributed by atoms with Crippen molar-refractivity contribution in [1.82, 2.24) is 14.9 Å². The Kier molecular flexibility index (Phi) is 5.78. The predicted octanol–water partition coefficient (Wildman–Crippen LogP) is 2.99. The van der Waals surface area contributed by atoms with Crippen LogP contribution in [0.2, 0.25) is 0 Å². The number of carbonyl (C=O) groups is 1. The maximum atomic E-state index is 12.7. The van der Waals surface area contributed by atoms with Gasteiger partial charge in [0.1, 0.15) is 18.0 Å². The number of rotatable bonds is 4. The molecule has 0 radical (unpaired) electrons. The number of anilines is 2. The topological polar surface area (TPSA) is 52.6 Å². The van der Waals surface area contributed by atoms with Crippen molar-refractivity contribution < 1.29 is 18.0 Å². The molecule has 1 aromatic carbocycles. The minimum Gasteiger partial charge on any atom is -0.356 e. The Morgan fingerprint density at radius 1 is 0.867 bits per heavy atom. The van der Waals surface area contributed by atoms with Crippen molar-refractivity contribution in [2.24, 2.45) is 0 Å². The van der Waals surface area contributed by atoms with Gasteiger partial charge in [0.05, 0.1) is 12.0 Å². The van der Waals surface area contributed by atoms with Gasteiger partial charge in [-0.3, -0.25) is 4.79 Å². The molecule has 2 aliphatic rings. The molecule has 160 valence electrons. The molecule has 0 aliphatic carbocycles. The summed E-state index contributed by atoms with van der Waals surface area (Å²) in [6.07, 6.45) is -0.317. The minimum atomic E-state index is -4.37. The second-order valence-corrected chi connectivity index (χ2v) is 7.67. The van der Waals surface area contributed by atoms with Crippen LogP contribution in [0.4, 0.5) is 24.8 Å². The van der Waals surface area contributed by atoms with Crippen molar-refractivity contribution in [3.8, 4) is 0 Å². The van der Waals surface area contributed by atoms with Gasteiger partial charge >= 0.3 is 6.18 Å². The van der Waals surface area contributed by atoms with Crippen LogP contribution in [0.5, 0.6) is 0 Å². The summed E-state index contributed by atoms with van der Waals surface area (Å²) >= 11 is 0. The highest BCUT2D eigenvalue weighted by Crippen LogP contribution is 2.29. The van der Waals surface area contributed by atoms with E-state index in [0.29, 0.717) is 31.7 Å². The minimum absolute atomic E-state index is 0.0742. The van der Waals surface area contributed by atoms with E-state index in [4.69, 9.17) is 0 Å². The zero-order valence-corrected chi connectivity index (χ0v) is 16.6. The molecule has 30 heavy (non-hydrogen) atoms. The van der Waals surface area contributed by atoms with Gasteiger partial charge in [-0.1, -0.05) is 12.1 Å². The first-order chi connectivity index (χ1) is 14.4. The fraction of sp³-hybridized carbons (Fsp3) is 0.476. The predicted molar refractivity (Wildman–Crippen MR) is 107 cm³/mol. The van der Waals surface area contributed by atoms with Crippen molar-refractivity contribution in [1.29, 1.82) is 0 Å². The maximum Gasteiger partial charge on any atom is 0.416 e. The largest absolute Gasteiger partial charge is 0.416 e. The van der Waals surface area contributed by atoms with Crippen molar-refractivity contribution in [2.45, 2.75) is 25.4 Å². The number of aromatic nitrogens is 2. The number of amides is 1. The van der Waals surface area contributed by atoms with Crippen LogP contribution in [0.1, 0.15) is 24.0 Å². The number of benzene rings is 1. The lowest BCUT2D eigenvalue weighted by Crippen LogP contribution is -2.49. The summed E-state index contributed by atoms with van der Waals surface area (Å²) < 4.78 is 38.0. The van der Waals surface area contributed by atoms with E-state index < -0.39 is 11.7 Å². The van der Waals surface area contributed by atoms with E-state index in [1.165, 1.54) is 25.0 Å². The third-order valence-corrected chi connectivity index (χ3v) is 5.66. The van der Waals surface area contributed by atoms with Gasteiger partial charge < -0.3 is 14.7 Å². The highest BCUT2D eigenvalue weighted by molar-refractivity contribution is 5.79. The highest BCUT2D eigenvalue weighted by Gasteiger charge is 2.30. The van der Waals surface area contributed by atoms with Crippen LogP contribution in [0, 0.1) is 0 Å². The summed E-state index contributed by atoms with van der Waals surface area (Å²) in [5, 5.41) is 0. The lowest BCUT2D eigenvalue weighted by atomic mass is 10.1. The van der Waals surface area contributed by atoms with Crippen LogP contribution in [0.3, 0.4) is 0 Å². The summed E-state index contributed by atoms with van der Waals surface area (Å²) in [7, 11) is 0. The molecule has 3 heterocycles. The second kappa shape index (κ2) is 8.49. The van der Waals surface area contributed by atoms with Crippen molar-refractivity contribution >= 4 is 17.5 Å². The third kappa shape index (κ3) is 4.66. The van der Waals surface area contributed by atoms with Crippen molar-refractivity contribution in [3.63, 3.8) is 0 Å². The van der Waals surface area contributed by atoms with Gasteiger partial charge in [0.15, 0.2) is 0 Å². The van der Waals surface area contributed by atoms with E-state index in [0.717, 1.165) is 36.9 Å². The van der Waals surface area contributed by atoms with E-state index in [-0.39, 0.29) is 12.3 Å². The smallest absolute Gasteiger partial charge is 0.356 e.